The third-order valence-electron chi connectivity index (χ3n) is 3.02. The Morgan fingerprint density at radius 3 is 2.41 bits per heavy atom. The fourth-order valence-electron chi connectivity index (χ4n) is 1.90. The van der Waals surface area contributed by atoms with Gasteiger partial charge in [-0.3, -0.25) is 0 Å². The van der Waals surface area contributed by atoms with Crippen molar-refractivity contribution in [1.82, 2.24) is 0 Å². The van der Waals surface area contributed by atoms with Crippen molar-refractivity contribution in [2.45, 2.75) is 6.54 Å². The number of hydrogen-bond acceptors (Lipinski definition) is 4. The Balaban J connectivity index is 2.07. The molecule has 0 spiro atoms. The summed E-state index contributed by atoms with van der Waals surface area (Å²) >= 11 is 0. The number of carbonyl (C=O) groups excluding carboxylic acids is 1. The van der Waals surface area contributed by atoms with Crippen LogP contribution in [0.3, 0.4) is 0 Å². The average Bonchev–Trinajstić information content (AvgIpc) is 2.52. The lowest BCUT2D eigenvalue weighted by Gasteiger charge is -2.08. The lowest BCUT2D eigenvalue weighted by molar-refractivity contribution is 0.0599. The number of halogens is 1. The molecule has 6 heteroatoms. The highest BCUT2D eigenvalue weighted by molar-refractivity contribution is 5.89. The van der Waals surface area contributed by atoms with Crippen molar-refractivity contribution < 1.29 is 23.8 Å². The first-order valence-corrected chi connectivity index (χ1v) is 6.44. The van der Waals surface area contributed by atoms with Gasteiger partial charge in [-0.2, -0.15) is 0 Å². The number of esters is 1. The number of carboxylic acids is 1. The van der Waals surface area contributed by atoms with Gasteiger partial charge in [0.2, 0.25) is 0 Å². The van der Waals surface area contributed by atoms with E-state index < -0.39 is 17.8 Å². The van der Waals surface area contributed by atoms with Gasteiger partial charge >= 0.3 is 11.9 Å². The van der Waals surface area contributed by atoms with Crippen molar-refractivity contribution in [3.8, 4) is 0 Å². The van der Waals surface area contributed by atoms with Crippen molar-refractivity contribution in [2.24, 2.45) is 0 Å². The molecule has 0 bridgehead atoms. The molecular formula is C16H14FNO4. The smallest absolute Gasteiger partial charge is 0.337 e. The van der Waals surface area contributed by atoms with Gasteiger partial charge in [-0.15, -0.1) is 0 Å². The number of ether oxygens (including phenoxy) is 1. The third-order valence-corrected chi connectivity index (χ3v) is 3.02. The molecule has 0 radical (unpaired) electrons. The highest BCUT2D eigenvalue weighted by Gasteiger charge is 2.07. The lowest BCUT2D eigenvalue weighted by atomic mass is 10.1. The van der Waals surface area contributed by atoms with E-state index in [4.69, 9.17) is 5.11 Å². The predicted molar refractivity (Wildman–Crippen MR) is 78.5 cm³/mol. The molecule has 2 aromatic carbocycles. The van der Waals surface area contributed by atoms with Crippen LogP contribution in [0.2, 0.25) is 0 Å². The van der Waals surface area contributed by atoms with Gasteiger partial charge in [-0.1, -0.05) is 12.1 Å². The molecular weight excluding hydrogens is 289 g/mol. The number of aromatic carboxylic acids is 1. The zero-order valence-corrected chi connectivity index (χ0v) is 11.8. The van der Waals surface area contributed by atoms with Crippen LogP contribution < -0.4 is 5.32 Å². The number of nitrogens with one attached hydrogen (secondary N) is 1. The van der Waals surface area contributed by atoms with Gasteiger partial charge in [0, 0.05) is 12.2 Å². The van der Waals surface area contributed by atoms with Gasteiger partial charge in [0.05, 0.1) is 18.2 Å². The van der Waals surface area contributed by atoms with E-state index in [-0.39, 0.29) is 5.56 Å². The van der Waals surface area contributed by atoms with Crippen LogP contribution in [0.25, 0.3) is 0 Å². The van der Waals surface area contributed by atoms with Gasteiger partial charge < -0.3 is 15.2 Å². The molecule has 0 heterocycles. The maximum absolute atomic E-state index is 13.3. The second kappa shape index (κ2) is 6.71. The van der Waals surface area contributed by atoms with Gasteiger partial charge in [0.15, 0.2) is 0 Å². The molecule has 2 rings (SSSR count). The molecule has 0 aliphatic carbocycles. The first kappa shape index (κ1) is 15.5. The Bertz CT molecular complexity index is 698. The number of rotatable bonds is 5. The number of anilines is 1. The normalized spacial score (nSPS) is 10.1. The van der Waals surface area contributed by atoms with Crippen LogP contribution in [0, 0.1) is 5.82 Å². The summed E-state index contributed by atoms with van der Waals surface area (Å²) in [5, 5.41) is 11.8. The molecule has 0 amide bonds. The number of methoxy groups -OCH3 is 1. The summed E-state index contributed by atoms with van der Waals surface area (Å²) in [6.45, 7) is 0.365. The van der Waals surface area contributed by atoms with Crippen LogP contribution in [-0.4, -0.2) is 24.2 Å². The molecule has 0 unspecified atom stereocenters. The summed E-state index contributed by atoms with van der Waals surface area (Å²) in [4.78, 5) is 22.2. The van der Waals surface area contributed by atoms with E-state index in [9.17, 15) is 14.0 Å². The number of benzene rings is 2. The molecule has 0 aromatic heterocycles. The topological polar surface area (TPSA) is 75.6 Å². The van der Waals surface area contributed by atoms with Crippen LogP contribution in [0.5, 0.6) is 0 Å². The molecule has 0 aliphatic heterocycles. The lowest BCUT2D eigenvalue weighted by Crippen LogP contribution is -2.04. The first-order valence-electron chi connectivity index (χ1n) is 6.44. The number of carbonyl (C=O) groups is 2. The molecule has 0 aliphatic rings. The predicted octanol–water partition coefficient (Wildman–Crippen LogP) is 2.92. The molecule has 22 heavy (non-hydrogen) atoms. The molecule has 0 atom stereocenters. The van der Waals surface area contributed by atoms with Gasteiger partial charge in [0.1, 0.15) is 5.82 Å². The van der Waals surface area contributed by atoms with E-state index >= 15 is 0 Å². The van der Waals surface area contributed by atoms with Crippen molar-refractivity contribution >= 4 is 17.6 Å². The molecule has 114 valence electrons. The minimum absolute atomic E-state index is 0.122. The van der Waals surface area contributed by atoms with Crippen LogP contribution in [0.15, 0.2) is 42.5 Å². The minimum atomic E-state index is -1.19. The quantitative estimate of drug-likeness (QED) is 0.831. The van der Waals surface area contributed by atoms with E-state index in [1.807, 2.05) is 0 Å². The highest BCUT2D eigenvalue weighted by atomic mass is 19.1. The summed E-state index contributed by atoms with van der Waals surface area (Å²) in [6.07, 6.45) is 0. The molecule has 0 saturated heterocycles. The third kappa shape index (κ3) is 3.82. The second-order valence-electron chi connectivity index (χ2n) is 4.58. The highest BCUT2D eigenvalue weighted by Crippen LogP contribution is 2.15. The molecule has 2 N–H and O–H groups in total. The Hall–Kier alpha value is -2.89. The van der Waals surface area contributed by atoms with Crippen molar-refractivity contribution in [2.75, 3.05) is 12.4 Å². The summed E-state index contributed by atoms with van der Waals surface area (Å²) in [7, 11) is 1.31. The Kier molecular flexibility index (Phi) is 4.73. The summed E-state index contributed by atoms with van der Waals surface area (Å²) in [6, 6.07) is 10.2. The standard InChI is InChI=1S/C16H14FNO4/c1-22-16(21)11-4-2-10(3-5-11)9-18-14-7-12(15(19)20)6-13(17)8-14/h2-8,18H,9H2,1H3,(H,19,20). The Labute approximate surface area is 126 Å². The second-order valence-corrected chi connectivity index (χ2v) is 4.58. The largest absolute Gasteiger partial charge is 0.478 e. The van der Waals surface area contributed by atoms with E-state index in [1.54, 1.807) is 24.3 Å². The van der Waals surface area contributed by atoms with Crippen LogP contribution in [0.1, 0.15) is 26.3 Å². The van der Waals surface area contributed by atoms with Crippen molar-refractivity contribution in [3.63, 3.8) is 0 Å². The fraction of sp³-hybridized carbons (Fsp3) is 0.125. The summed E-state index contributed by atoms with van der Waals surface area (Å²) in [5.41, 5.74) is 1.54. The molecule has 0 saturated carbocycles. The number of hydrogen-bond donors (Lipinski definition) is 2. The summed E-state index contributed by atoms with van der Waals surface area (Å²) < 4.78 is 17.9. The SMILES string of the molecule is COC(=O)c1ccc(CNc2cc(F)cc(C(=O)O)c2)cc1. The molecule has 5 nitrogen and oxygen atoms in total. The van der Waals surface area contributed by atoms with Gasteiger partial charge in [0.25, 0.3) is 0 Å². The zero-order chi connectivity index (χ0) is 16.1. The Morgan fingerprint density at radius 1 is 1.14 bits per heavy atom. The minimum Gasteiger partial charge on any atom is -0.478 e. The molecule has 0 fully saturated rings. The summed E-state index contributed by atoms with van der Waals surface area (Å²) in [5.74, 6) is -2.23. The average molecular weight is 303 g/mol. The van der Waals surface area contributed by atoms with Gasteiger partial charge in [-0.05, 0) is 35.9 Å². The van der Waals surface area contributed by atoms with E-state index in [2.05, 4.69) is 10.1 Å². The van der Waals surface area contributed by atoms with E-state index in [1.165, 1.54) is 19.2 Å². The van der Waals surface area contributed by atoms with Crippen molar-refractivity contribution in [1.29, 1.82) is 0 Å². The van der Waals surface area contributed by atoms with E-state index in [0.29, 0.717) is 17.8 Å². The van der Waals surface area contributed by atoms with Crippen LogP contribution in [0.4, 0.5) is 10.1 Å². The monoisotopic (exact) mass is 303 g/mol. The maximum atomic E-state index is 13.3. The number of carboxylic acid groups (broad SMARTS) is 1. The van der Waals surface area contributed by atoms with Crippen LogP contribution in [-0.2, 0) is 11.3 Å². The molecule has 2 aromatic rings. The van der Waals surface area contributed by atoms with Crippen LogP contribution >= 0.6 is 0 Å². The fourth-order valence-corrected chi connectivity index (χ4v) is 1.90. The zero-order valence-electron chi connectivity index (χ0n) is 11.8. The van der Waals surface area contributed by atoms with Gasteiger partial charge in [-0.25, -0.2) is 14.0 Å². The Morgan fingerprint density at radius 2 is 1.82 bits per heavy atom. The first-order chi connectivity index (χ1) is 10.5. The van der Waals surface area contributed by atoms with Crippen molar-refractivity contribution in [3.05, 3.63) is 65.0 Å². The van der Waals surface area contributed by atoms with E-state index in [0.717, 1.165) is 11.6 Å². The maximum Gasteiger partial charge on any atom is 0.337 e.